The molecule has 0 spiro atoms. The van der Waals surface area contributed by atoms with Gasteiger partial charge in [-0.25, -0.2) is 4.79 Å². The molecule has 1 aliphatic heterocycles. The molecule has 1 fully saturated rings. The monoisotopic (exact) mass is 352 g/mol. The maximum atomic E-state index is 12.6. The third-order valence-electron chi connectivity index (χ3n) is 4.27. The fourth-order valence-corrected chi connectivity index (χ4v) is 3.61. The average molecular weight is 353 g/mol. The summed E-state index contributed by atoms with van der Waals surface area (Å²) in [6.07, 6.45) is 5.34. The number of benzene rings is 1. The van der Waals surface area contributed by atoms with Crippen molar-refractivity contribution in [2.75, 3.05) is 6.54 Å². The quantitative estimate of drug-likeness (QED) is 0.735. The minimum Gasteiger partial charge on any atom is -0.406 e. The largest absolute Gasteiger partial charge is 0.415 e. The van der Waals surface area contributed by atoms with E-state index in [1.165, 1.54) is 0 Å². The van der Waals surface area contributed by atoms with Crippen molar-refractivity contribution in [2.45, 2.75) is 38.6 Å². The van der Waals surface area contributed by atoms with Crippen LogP contribution in [0.25, 0.3) is 10.9 Å². The van der Waals surface area contributed by atoms with Gasteiger partial charge >= 0.3 is 6.09 Å². The zero-order valence-corrected chi connectivity index (χ0v) is 14.4. The molecule has 23 heavy (non-hydrogen) atoms. The number of piperidine rings is 1. The summed E-state index contributed by atoms with van der Waals surface area (Å²) in [5.74, 6) is 0.275. The highest BCUT2D eigenvalue weighted by molar-refractivity contribution is 6.39. The van der Waals surface area contributed by atoms with Crippen LogP contribution in [0.3, 0.4) is 0 Å². The van der Waals surface area contributed by atoms with Crippen LogP contribution in [0.15, 0.2) is 24.4 Å². The number of carbonyl (C=O) groups excluding carboxylic acids is 1. The molecule has 3 rings (SSSR count). The number of ether oxygens (including phenoxy) is 1. The number of amides is 1. The van der Waals surface area contributed by atoms with Gasteiger partial charge in [0.1, 0.15) is 5.52 Å². The minimum absolute atomic E-state index is 0.224. The predicted molar refractivity (Wildman–Crippen MR) is 92.4 cm³/mol. The Morgan fingerprint density at radius 3 is 3.00 bits per heavy atom. The lowest BCUT2D eigenvalue weighted by Gasteiger charge is -2.34. The molecule has 6 heteroatoms. The Morgan fingerprint density at radius 1 is 1.39 bits per heavy atom. The molecule has 1 unspecified atom stereocenters. The molecule has 1 atom stereocenters. The van der Waals surface area contributed by atoms with Crippen molar-refractivity contribution in [2.24, 2.45) is 0 Å². The summed E-state index contributed by atoms with van der Waals surface area (Å²) < 4.78 is 5.62. The van der Waals surface area contributed by atoms with Crippen LogP contribution >= 0.6 is 23.2 Å². The van der Waals surface area contributed by atoms with Gasteiger partial charge < -0.3 is 9.64 Å². The average Bonchev–Trinajstić information content (AvgIpc) is 2.58. The lowest BCUT2D eigenvalue weighted by Crippen LogP contribution is -2.44. The van der Waals surface area contributed by atoms with Crippen LogP contribution in [-0.4, -0.2) is 28.6 Å². The molecule has 0 aliphatic carbocycles. The third kappa shape index (κ3) is 3.24. The van der Waals surface area contributed by atoms with E-state index in [0.717, 1.165) is 25.7 Å². The van der Waals surface area contributed by atoms with Crippen molar-refractivity contribution in [3.05, 3.63) is 34.4 Å². The normalized spacial score (nSPS) is 18.2. The molecule has 1 aliphatic rings. The van der Waals surface area contributed by atoms with Crippen molar-refractivity contribution in [1.82, 2.24) is 9.88 Å². The Morgan fingerprint density at radius 2 is 2.22 bits per heavy atom. The Balaban J connectivity index is 1.93. The molecule has 4 nitrogen and oxygen atoms in total. The number of likely N-dealkylation sites (tertiary alicyclic amines) is 1. The molecule has 0 N–H and O–H groups in total. The van der Waals surface area contributed by atoms with Crippen LogP contribution in [0.2, 0.25) is 10.0 Å². The van der Waals surface area contributed by atoms with E-state index in [2.05, 4.69) is 11.9 Å². The first-order valence-electron chi connectivity index (χ1n) is 7.83. The lowest BCUT2D eigenvalue weighted by molar-refractivity contribution is 0.112. The molecule has 2 aromatic rings. The molecule has 1 aromatic heterocycles. The molecule has 2 heterocycles. The second-order valence-corrected chi connectivity index (χ2v) is 6.50. The zero-order valence-electron chi connectivity index (χ0n) is 12.9. The van der Waals surface area contributed by atoms with Crippen LogP contribution < -0.4 is 4.74 Å². The van der Waals surface area contributed by atoms with Gasteiger partial charge in [-0.15, -0.1) is 0 Å². The van der Waals surface area contributed by atoms with E-state index in [-0.39, 0.29) is 17.9 Å². The van der Waals surface area contributed by atoms with Gasteiger partial charge in [-0.2, -0.15) is 0 Å². The standard InChI is InChI=1S/C17H18Cl2N2O2/c1-2-11-6-3-4-9-21(11)17(22)23-16-14(19)10-13(18)12-7-5-8-20-15(12)16/h5,7-8,10-11H,2-4,6,9H2,1H3. The van der Waals surface area contributed by atoms with E-state index in [1.807, 2.05) is 6.07 Å². The minimum atomic E-state index is -0.368. The number of hydrogen-bond donors (Lipinski definition) is 0. The maximum Gasteiger partial charge on any atom is 0.415 e. The molecule has 122 valence electrons. The number of carbonyl (C=O) groups is 1. The highest BCUT2D eigenvalue weighted by Crippen LogP contribution is 2.37. The van der Waals surface area contributed by atoms with Crippen molar-refractivity contribution >= 4 is 40.2 Å². The first kappa shape index (κ1) is 16.3. The first-order valence-corrected chi connectivity index (χ1v) is 8.58. The summed E-state index contributed by atoms with van der Waals surface area (Å²) in [5, 5.41) is 1.49. The zero-order chi connectivity index (χ0) is 16.4. The van der Waals surface area contributed by atoms with Crippen molar-refractivity contribution < 1.29 is 9.53 Å². The Hall–Kier alpha value is -1.52. The van der Waals surface area contributed by atoms with E-state index >= 15 is 0 Å². The summed E-state index contributed by atoms with van der Waals surface area (Å²) in [4.78, 5) is 18.7. The van der Waals surface area contributed by atoms with Gasteiger partial charge in [-0.05, 0) is 43.9 Å². The highest BCUT2D eigenvalue weighted by atomic mass is 35.5. The molecule has 0 bridgehead atoms. The van der Waals surface area contributed by atoms with Gasteiger partial charge in [-0.1, -0.05) is 30.1 Å². The van der Waals surface area contributed by atoms with Gasteiger partial charge in [0.25, 0.3) is 0 Å². The van der Waals surface area contributed by atoms with Gasteiger partial charge in [0.05, 0.1) is 10.0 Å². The number of nitrogens with zero attached hydrogens (tertiary/aromatic N) is 2. The maximum absolute atomic E-state index is 12.6. The van der Waals surface area contributed by atoms with Crippen LogP contribution in [0.1, 0.15) is 32.6 Å². The topological polar surface area (TPSA) is 42.4 Å². The summed E-state index contributed by atoms with van der Waals surface area (Å²) in [7, 11) is 0. The van der Waals surface area contributed by atoms with E-state index in [4.69, 9.17) is 27.9 Å². The Bertz CT molecular complexity index is 736. The lowest BCUT2D eigenvalue weighted by atomic mass is 10.0. The molecule has 1 amide bonds. The van der Waals surface area contributed by atoms with Crippen LogP contribution in [0, 0.1) is 0 Å². The smallest absolute Gasteiger partial charge is 0.406 e. The molecule has 1 saturated heterocycles. The molecule has 1 aromatic carbocycles. The van der Waals surface area contributed by atoms with E-state index in [0.29, 0.717) is 27.5 Å². The number of pyridine rings is 1. The SMILES string of the molecule is CCC1CCCCN1C(=O)Oc1c(Cl)cc(Cl)c2cccnc12. The fraction of sp³-hybridized carbons (Fsp3) is 0.412. The van der Waals surface area contributed by atoms with Crippen LogP contribution in [0.4, 0.5) is 4.79 Å². The van der Waals surface area contributed by atoms with Crippen molar-refractivity contribution in [3.63, 3.8) is 0 Å². The molecular weight excluding hydrogens is 335 g/mol. The Kier molecular flexibility index (Phi) is 4.93. The van der Waals surface area contributed by atoms with Gasteiger partial charge in [0.2, 0.25) is 0 Å². The Labute approximate surface area is 145 Å². The third-order valence-corrected chi connectivity index (χ3v) is 4.87. The number of hydrogen-bond acceptors (Lipinski definition) is 3. The molecular formula is C17H18Cl2N2O2. The second-order valence-electron chi connectivity index (χ2n) is 5.69. The highest BCUT2D eigenvalue weighted by Gasteiger charge is 2.28. The summed E-state index contributed by atoms with van der Waals surface area (Å²) in [6.45, 7) is 2.80. The number of halogens is 2. The summed E-state index contributed by atoms with van der Waals surface area (Å²) >= 11 is 12.4. The van der Waals surface area contributed by atoms with E-state index < -0.39 is 0 Å². The number of aromatic nitrogens is 1. The predicted octanol–water partition coefficient (Wildman–Crippen LogP) is 5.30. The van der Waals surface area contributed by atoms with Gasteiger partial charge in [-0.3, -0.25) is 4.98 Å². The van der Waals surface area contributed by atoms with Gasteiger partial charge in [0, 0.05) is 24.2 Å². The van der Waals surface area contributed by atoms with Gasteiger partial charge in [0.15, 0.2) is 5.75 Å². The van der Waals surface area contributed by atoms with E-state index in [9.17, 15) is 4.79 Å². The molecule has 0 radical (unpaired) electrons. The number of fused-ring (bicyclic) bond motifs is 1. The van der Waals surface area contributed by atoms with Crippen LogP contribution in [-0.2, 0) is 0 Å². The molecule has 0 saturated carbocycles. The number of rotatable bonds is 2. The summed E-state index contributed by atoms with van der Waals surface area (Å²) in [6, 6.07) is 5.42. The van der Waals surface area contributed by atoms with Crippen molar-refractivity contribution in [1.29, 1.82) is 0 Å². The van der Waals surface area contributed by atoms with Crippen molar-refractivity contribution in [3.8, 4) is 5.75 Å². The first-order chi connectivity index (χ1) is 11.1. The second kappa shape index (κ2) is 6.93. The fourth-order valence-electron chi connectivity index (χ4n) is 3.06. The van der Waals surface area contributed by atoms with Crippen LogP contribution in [0.5, 0.6) is 5.75 Å². The summed E-state index contributed by atoms with van der Waals surface area (Å²) in [5.41, 5.74) is 0.503. The van der Waals surface area contributed by atoms with E-state index in [1.54, 1.807) is 23.2 Å².